The number of carbonyl (C=O) groups is 1. The van der Waals surface area contributed by atoms with Crippen molar-refractivity contribution in [2.75, 3.05) is 13.1 Å². The Bertz CT molecular complexity index is 911. The number of aromatic nitrogens is 2. The van der Waals surface area contributed by atoms with E-state index in [1.165, 1.54) is 12.8 Å². The van der Waals surface area contributed by atoms with Gasteiger partial charge in [0.25, 0.3) is 5.91 Å². The fourth-order valence-electron chi connectivity index (χ4n) is 3.31. The number of carbonyl (C=O) groups excluding carboxylic acids is 1. The smallest absolute Gasteiger partial charge is 0.287 e. The fourth-order valence-corrected chi connectivity index (χ4v) is 3.31. The molecule has 1 saturated heterocycles. The predicted octanol–water partition coefficient (Wildman–Crippen LogP) is 3.49. The van der Waals surface area contributed by atoms with Crippen molar-refractivity contribution in [3.63, 3.8) is 0 Å². The molecule has 1 amide bonds. The first-order valence-corrected chi connectivity index (χ1v) is 9.63. The first-order valence-electron chi connectivity index (χ1n) is 9.63. The molecule has 0 unspecified atom stereocenters. The summed E-state index contributed by atoms with van der Waals surface area (Å²) in [5.74, 6) is 2.21. The molecule has 0 atom stereocenters. The van der Waals surface area contributed by atoms with E-state index in [1.54, 1.807) is 18.3 Å². The zero-order valence-electron chi connectivity index (χ0n) is 15.9. The molecule has 1 N–H and O–H groups in total. The number of piperidine rings is 1. The highest BCUT2D eigenvalue weighted by Gasteiger charge is 2.18. The van der Waals surface area contributed by atoms with E-state index in [0.29, 0.717) is 17.2 Å². The molecule has 1 fully saturated rings. The number of hydrogen-bond acceptors (Lipinski definition) is 6. The van der Waals surface area contributed by atoms with Gasteiger partial charge in [-0.3, -0.25) is 14.7 Å². The number of hydrogen-bond donors (Lipinski definition) is 1. The molecule has 1 aliphatic rings. The highest BCUT2D eigenvalue weighted by atomic mass is 16.5. The van der Waals surface area contributed by atoms with Crippen molar-refractivity contribution in [1.82, 2.24) is 20.4 Å². The average molecular weight is 380 g/mol. The summed E-state index contributed by atoms with van der Waals surface area (Å²) in [4.78, 5) is 19.0. The minimum atomic E-state index is -0.269. The van der Waals surface area contributed by atoms with Crippen molar-refractivity contribution in [3.05, 3.63) is 59.9 Å². The van der Waals surface area contributed by atoms with Gasteiger partial charge in [0.05, 0.1) is 18.8 Å². The zero-order valence-corrected chi connectivity index (χ0v) is 15.9. The van der Waals surface area contributed by atoms with Crippen molar-refractivity contribution in [1.29, 1.82) is 0 Å². The van der Waals surface area contributed by atoms with Crippen molar-refractivity contribution in [3.8, 4) is 11.4 Å². The van der Waals surface area contributed by atoms with Gasteiger partial charge in [0.1, 0.15) is 11.5 Å². The summed E-state index contributed by atoms with van der Waals surface area (Å²) >= 11 is 0. The molecule has 0 aliphatic carbocycles. The highest BCUT2D eigenvalue weighted by Crippen LogP contribution is 2.19. The summed E-state index contributed by atoms with van der Waals surface area (Å²) in [5, 5.41) is 6.80. The van der Waals surface area contributed by atoms with E-state index in [9.17, 15) is 4.79 Å². The van der Waals surface area contributed by atoms with Crippen LogP contribution < -0.4 is 5.32 Å². The van der Waals surface area contributed by atoms with E-state index in [1.807, 2.05) is 24.3 Å². The Hall–Kier alpha value is -2.93. The quantitative estimate of drug-likeness (QED) is 0.705. The maximum absolute atomic E-state index is 12.4. The monoisotopic (exact) mass is 380 g/mol. The number of amides is 1. The summed E-state index contributed by atoms with van der Waals surface area (Å²) in [6.07, 6.45) is 4.13. The predicted molar refractivity (Wildman–Crippen MR) is 103 cm³/mol. The van der Waals surface area contributed by atoms with Crippen LogP contribution in [0.2, 0.25) is 0 Å². The molecule has 0 bridgehead atoms. The van der Waals surface area contributed by atoms with Gasteiger partial charge in [0, 0.05) is 12.3 Å². The molecule has 146 valence electrons. The number of likely N-dealkylation sites (tertiary alicyclic amines) is 1. The Kier molecular flexibility index (Phi) is 5.53. The minimum absolute atomic E-state index is 0.235. The van der Waals surface area contributed by atoms with Crippen LogP contribution in [0, 0.1) is 5.92 Å². The minimum Gasteiger partial charge on any atom is -0.455 e. The van der Waals surface area contributed by atoms with Crippen molar-refractivity contribution in [2.24, 2.45) is 5.92 Å². The lowest BCUT2D eigenvalue weighted by Gasteiger charge is -2.29. The molecule has 7 heteroatoms. The number of furan rings is 1. The molecule has 0 saturated carbocycles. The summed E-state index contributed by atoms with van der Waals surface area (Å²) in [7, 11) is 0. The lowest BCUT2D eigenvalue weighted by Crippen LogP contribution is -2.32. The number of nitrogens with zero attached hydrogens (tertiary/aromatic N) is 3. The van der Waals surface area contributed by atoms with Gasteiger partial charge in [0.2, 0.25) is 0 Å². The van der Waals surface area contributed by atoms with E-state index < -0.39 is 0 Å². The molecule has 0 radical (unpaired) electrons. The van der Waals surface area contributed by atoms with E-state index in [2.05, 4.69) is 27.3 Å². The molecule has 7 nitrogen and oxygen atoms in total. The molecule has 4 rings (SSSR count). The summed E-state index contributed by atoms with van der Waals surface area (Å²) in [6, 6.07) is 10.9. The van der Waals surface area contributed by atoms with Crippen LogP contribution in [0.4, 0.5) is 0 Å². The standard InChI is InChI=1S/C21H24N4O3/c1-15-7-10-25(11-8-15)14-16-5-6-20(27-16)21(26)23-13-17-12-19(24-28-17)18-4-2-3-9-22-18/h2-6,9,12,15H,7-8,10-11,13-14H2,1H3,(H,23,26). The molecule has 0 aromatic carbocycles. The number of rotatable bonds is 6. The topological polar surface area (TPSA) is 84.4 Å². The highest BCUT2D eigenvalue weighted by molar-refractivity contribution is 5.91. The fraction of sp³-hybridized carbons (Fsp3) is 0.381. The summed E-state index contributed by atoms with van der Waals surface area (Å²) in [5.41, 5.74) is 1.37. The zero-order chi connectivity index (χ0) is 19.3. The second kappa shape index (κ2) is 8.39. The largest absolute Gasteiger partial charge is 0.455 e. The molecule has 1 aliphatic heterocycles. The van der Waals surface area contributed by atoms with Crippen LogP contribution in [-0.2, 0) is 13.1 Å². The number of nitrogens with one attached hydrogen (secondary N) is 1. The SMILES string of the molecule is CC1CCN(Cc2ccc(C(=O)NCc3cc(-c4ccccn4)no3)o2)CC1. The normalized spacial score (nSPS) is 15.6. The Balaban J connectivity index is 1.30. The lowest BCUT2D eigenvalue weighted by molar-refractivity contribution is 0.0914. The summed E-state index contributed by atoms with van der Waals surface area (Å²) in [6.45, 7) is 5.43. The first kappa shape index (κ1) is 18.4. The van der Waals surface area contributed by atoms with Gasteiger partial charge in [-0.15, -0.1) is 0 Å². The van der Waals surface area contributed by atoms with Gasteiger partial charge in [-0.05, 0) is 56.1 Å². The average Bonchev–Trinajstić information content (AvgIpc) is 3.38. The van der Waals surface area contributed by atoms with Crippen LogP contribution in [-0.4, -0.2) is 34.0 Å². The summed E-state index contributed by atoms with van der Waals surface area (Å²) < 4.78 is 11.0. The lowest BCUT2D eigenvalue weighted by atomic mass is 9.99. The van der Waals surface area contributed by atoms with E-state index in [0.717, 1.165) is 37.0 Å². The Labute approximate surface area is 163 Å². The molecular formula is C21H24N4O3. The molecule has 0 spiro atoms. The van der Waals surface area contributed by atoms with Crippen LogP contribution in [0.15, 0.2) is 51.5 Å². The molecule has 3 aromatic rings. The van der Waals surface area contributed by atoms with Crippen LogP contribution in [0.25, 0.3) is 11.4 Å². The molecular weight excluding hydrogens is 356 g/mol. The third kappa shape index (κ3) is 4.48. The van der Waals surface area contributed by atoms with E-state index in [-0.39, 0.29) is 12.5 Å². The van der Waals surface area contributed by atoms with Crippen molar-refractivity contribution < 1.29 is 13.7 Å². The van der Waals surface area contributed by atoms with E-state index >= 15 is 0 Å². The van der Waals surface area contributed by atoms with Gasteiger partial charge in [-0.2, -0.15) is 0 Å². The van der Waals surface area contributed by atoms with Crippen LogP contribution in [0.5, 0.6) is 0 Å². The maximum atomic E-state index is 12.4. The second-order valence-corrected chi connectivity index (χ2v) is 7.30. The van der Waals surface area contributed by atoms with Gasteiger partial charge >= 0.3 is 0 Å². The molecule has 28 heavy (non-hydrogen) atoms. The van der Waals surface area contributed by atoms with E-state index in [4.69, 9.17) is 8.94 Å². The maximum Gasteiger partial charge on any atom is 0.287 e. The third-order valence-electron chi connectivity index (χ3n) is 5.05. The van der Waals surface area contributed by atoms with Gasteiger partial charge in [-0.25, -0.2) is 0 Å². The van der Waals surface area contributed by atoms with Gasteiger partial charge in [0.15, 0.2) is 11.5 Å². The van der Waals surface area contributed by atoms with Gasteiger partial charge < -0.3 is 14.3 Å². The third-order valence-corrected chi connectivity index (χ3v) is 5.05. The van der Waals surface area contributed by atoms with Gasteiger partial charge in [-0.1, -0.05) is 18.1 Å². The van der Waals surface area contributed by atoms with Crippen LogP contribution in [0.3, 0.4) is 0 Å². The second-order valence-electron chi connectivity index (χ2n) is 7.30. The van der Waals surface area contributed by atoms with Crippen molar-refractivity contribution >= 4 is 5.91 Å². The van der Waals surface area contributed by atoms with Crippen LogP contribution in [0.1, 0.15) is 41.8 Å². The first-order chi connectivity index (χ1) is 13.7. The van der Waals surface area contributed by atoms with Crippen molar-refractivity contribution in [2.45, 2.75) is 32.9 Å². The Morgan fingerprint density at radius 2 is 2.04 bits per heavy atom. The van der Waals surface area contributed by atoms with Crippen LogP contribution >= 0.6 is 0 Å². The molecule has 3 aromatic heterocycles. The Morgan fingerprint density at radius 1 is 1.18 bits per heavy atom. The molecule has 4 heterocycles. The number of pyridine rings is 1. The Morgan fingerprint density at radius 3 is 2.82 bits per heavy atom.